The fourth-order valence-corrected chi connectivity index (χ4v) is 3.99. The van der Waals surface area contributed by atoms with E-state index >= 15 is 0 Å². The van der Waals surface area contributed by atoms with Gasteiger partial charge in [-0.25, -0.2) is 0 Å². The Morgan fingerprint density at radius 1 is 1.17 bits per heavy atom. The SMILES string of the molecule is CC(C)(COC(C)(C)CCN)NC(=O)COc1cccc2c1C(=O)N(C1CCC(=O)NC1=O)C2=O. The van der Waals surface area contributed by atoms with Gasteiger partial charge in [-0.15, -0.1) is 0 Å². The molecule has 190 valence electrons. The molecule has 2 aliphatic heterocycles. The standard InChI is InChI=1S/C24H32N4O7/c1-23(2,13-35-24(3,4)10-11-25)27-18(30)12-34-16-7-5-6-14-19(16)22(33)28(21(14)32)15-8-9-17(29)26-20(15)31/h5-7,15H,8-13,25H2,1-4H3,(H,27,30)(H,26,29,31). The maximum absolute atomic E-state index is 13.1. The molecule has 0 radical (unpaired) electrons. The van der Waals surface area contributed by atoms with Crippen molar-refractivity contribution < 1.29 is 33.4 Å². The second-order valence-electron chi connectivity index (χ2n) is 9.93. The second-order valence-corrected chi connectivity index (χ2v) is 9.93. The lowest BCUT2D eigenvalue weighted by atomic mass is 10.0. The van der Waals surface area contributed by atoms with Crippen LogP contribution in [0.3, 0.4) is 0 Å². The van der Waals surface area contributed by atoms with Gasteiger partial charge in [0.1, 0.15) is 11.8 Å². The molecule has 11 heteroatoms. The Bertz CT molecular complexity index is 1050. The average molecular weight is 489 g/mol. The van der Waals surface area contributed by atoms with Crippen molar-refractivity contribution in [2.75, 3.05) is 19.8 Å². The predicted octanol–water partition coefficient (Wildman–Crippen LogP) is 0.505. The van der Waals surface area contributed by atoms with Crippen molar-refractivity contribution in [2.24, 2.45) is 5.73 Å². The molecule has 0 aliphatic carbocycles. The van der Waals surface area contributed by atoms with E-state index in [9.17, 15) is 24.0 Å². The van der Waals surface area contributed by atoms with Crippen LogP contribution < -0.4 is 21.1 Å². The number of fused-ring (bicyclic) bond motifs is 1. The summed E-state index contributed by atoms with van der Waals surface area (Å²) in [7, 11) is 0. The molecule has 1 aromatic carbocycles. The number of benzene rings is 1. The van der Waals surface area contributed by atoms with E-state index in [0.717, 1.165) is 4.90 Å². The predicted molar refractivity (Wildman–Crippen MR) is 125 cm³/mol. The van der Waals surface area contributed by atoms with E-state index in [2.05, 4.69) is 10.6 Å². The Kier molecular flexibility index (Phi) is 7.61. The third-order valence-electron chi connectivity index (χ3n) is 5.84. The number of piperidine rings is 1. The number of amides is 5. The van der Waals surface area contributed by atoms with E-state index in [-0.39, 0.29) is 36.3 Å². The van der Waals surface area contributed by atoms with Crippen LogP contribution in [0.5, 0.6) is 5.75 Å². The summed E-state index contributed by atoms with van der Waals surface area (Å²) in [6.45, 7) is 7.80. The molecule has 1 unspecified atom stereocenters. The molecule has 0 bridgehead atoms. The van der Waals surface area contributed by atoms with Crippen LogP contribution in [0, 0.1) is 0 Å². The molecule has 0 aromatic heterocycles. The summed E-state index contributed by atoms with van der Waals surface area (Å²) in [6, 6.07) is 3.38. The molecule has 35 heavy (non-hydrogen) atoms. The van der Waals surface area contributed by atoms with Gasteiger partial charge in [0.2, 0.25) is 11.8 Å². The van der Waals surface area contributed by atoms with Crippen molar-refractivity contribution in [1.29, 1.82) is 0 Å². The number of hydrogen-bond donors (Lipinski definition) is 3. The minimum Gasteiger partial charge on any atom is -0.483 e. The number of hydrogen-bond acceptors (Lipinski definition) is 8. The first-order valence-corrected chi connectivity index (χ1v) is 11.5. The Hall–Kier alpha value is -3.31. The van der Waals surface area contributed by atoms with Gasteiger partial charge in [0, 0.05) is 6.42 Å². The number of imide groups is 2. The first kappa shape index (κ1) is 26.3. The van der Waals surface area contributed by atoms with E-state index in [4.69, 9.17) is 15.2 Å². The molecule has 0 spiro atoms. The van der Waals surface area contributed by atoms with Crippen LogP contribution in [-0.4, -0.2) is 71.4 Å². The van der Waals surface area contributed by atoms with Gasteiger partial charge in [-0.2, -0.15) is 0 Å². The van der Waals surface area contributed by atoms with Crippen LogP contribution in [0.2, 0.25) is 0 Å². The topological polar surface area (TPSA) is 157 Å². The second kappa shape index (κ2) is 10.1. The fraction of sp³-hybridized carbons (Fsp3) is 0.542. The Labute approximate surface area is 203 Å². The van der Waals surface area contributed by atoms with E-state index in [1.54, 1.807) is 0 Å². The van der Waals surface area contributed by atoms with E-state index in [0.29, 0.717) is 13.0 Å². The van der Waals surface area contributed by atoms with Gasteiger partial charge in [-0.05, 0) is 59.2 Å². The van der Waals surface area contributed by atoms with Crippen LogP contribution in [-0.2, 0) is 19.1 Å². The Morgan fingerprint density at radius 2 is 1.89 bits per heavy atom. The van der Waals surface area contributed by atoms with Crippen LogP contribution in [0.4, 0.5) is 0 Å². The molecular weight excluding hydrogens is 456 g/mol. The summed E-state index contributed by atoms with van der Waals surface area (Å²) in [6.07, 6.45) is 0.742. The third-order valence-corrected chi connectivity index (χ3v) is 5.84. The first-order chi connectivity index (χ1) is 16.3. The number of carbonyl (C=O) groups is 5. The van der Waals surface area contributed by atoms with Gasteiger partial charge in [-0.1, -0.05) is 6.07 Å². The van der Waals surface area contributed by atoms with Gasteiger partial charge in [0.25, 0.3) is 17.7 Å². The summed E-state index contributed by atoms with van der Waals surface area (Å²) >= 11 is 0. The highest BCUT2D eigenvalue weighted by molar-refractivity contribution is 6.24. The van der Waals surface area contributed by atoms with E-state index < -0.39 is 53.3 Å². The van der Waals surface area contributed by atoms with Gasteiger partial charge >= 0.3 is 0 Å². The zero-order chi connectivity index (χ0) is 26.0. The molecule has 1 saturated heterocycles. The summed E-state index contributed by atoms with van der Waals surface area (Å²) < 4.78 is 11.5. The molecule has 1 fully saturated rings. The Balaban J connectivity index is 1.65. The number of nitrogens with one attached hydrogen (secondary N) is 2. The number of nitrogens with zero attached hydrogens (tertiary/aromatic N) is 1. The molecule has 4 N–H and O–H groups in total. The first-order valence-electron chi connectivity index (χ1n) is 11.5. The lowest BCUT2D eigenvalue weighted by Crippen LogP contribution is -2.54. The number of rotatable bonds is 10. The van der Waals surface area contributed by atoms with Crippen LogP contribution in [0.15, 0.2) is 18.2 Å². The highest BCUT2D eigenvalue weighted by Gasteiger charge is 2.46. The third kappa shape index (κ3) is 6.04. The van der Waals surface area contributed by atoms with Gasteiger partial charge < -0.3 is 20.5 Å². The quantitative estimate of drug-likeness (QED) is 0.402. The molecule has 2 heterocycles. The van der Waals surface area contributed by atoms with Crippen molar-refractivity contribution in [3.05, 3.63) is 29.3 Å². The largest absolute Gasteiger partial charge is 0.483 e. The lowest BCUT2D eigenvalue weighted by Gasteiger charge is -2.32. The molecule has 11 nitrogen and oxygen atoms in total. The van der Waals surface area contributed by atoms with Crippen molar-refractivity contribution >= 4 is 29.5 Å². The highest BCUT2D eigenvalue weighted by Crippen LogP contribution is 2.33. The average Bonchev–Trinajstić information content (AvgIpc) is 3.02. The number of ether oxygens (including phenoxy) is 2. The molecule has 3 rings (SSSR count). The van der Waals surface area contributed by atoms with Gasteiger partial charge in [0.15, 0.2) is 6.61 Å². The molecule has 1 atom stereocenters. The van der Waals surface area contributed by atoms with Crippen LogP contribution >= 0.6 is 0 Å². The minimum atomic E-state index is -1.08. The molecule has 2 aliphatic rings. The normalized spacial score (nSPS) is 18.4. The van der Waals surface area contributed by atoms with Crippen molar-refractivity contribution in [1.82, 2.24) is 15.5 Å². The van der Waals surface area contributed by atoms with Crippen molar-refractivity contribution in [2.45, 2.75) is 64.1 Å². The zero-order valence-electron chi connectivity index (χ0n) is 20.4. The van der Waals surface area contributed by atoms with E-state index in [1.807, 2.05) is 27.7 Å². The smallest absolute Gasteiger partial charge is 0.266 e. The fourth-order valence-electron chi connectivity index (χ4n) is 3.99. The van der Waals surface area contributed by atoms with Gasteiger partial charge in [-0.3, -0.25) is 34.2 Å². The van der Waals surface area contributed by atoms with Crippen LogP contribution in [0.25, 0.3) is 0 Å². The lowest BCUT2D eigenvalue weighted by molar-refractivity contribution is -0.136. The Morgan fingerprint density at radius 3 is 2.54 bits per heavy atom. The summed E-state index contributed by atoms with van der Waals surface area (Å²) in [4.78, 5) is 63.1. The molecule has 5 amide bonds. The molecule has 1 aromatic rings. The van der Waals surface area contributed by atoms with E-state index in [1.165, 1.54) is 18.2 Å². The summed E-state index contributed by atoms with van der Waals surface area (Å²) in [5.74, 6) is -2.87. The summed E-state index contributed by atoms with van der Waals surface area (Å²) in [5.41, 5.74) is 4.54. The zero-order valence-corrected chi connectivity index (χ0v) is 20.4. The monoisotopic (exact) mass is 488 g/mol. The van der Waals surface area contributed by atoms with Gasteiger partial charge in [0.05, 0.1) is 28.9 Å². The molecular formula is C24H32N4O7. The van der Waals surface area contributed by atoms with Crippen LogP contribution in [0.1, 0.15) is 67.7 Å². The van der Waals surface area contributed by atoms with Crippen molar-refractivity contribution in [3.63, 3.8) is 0 Å². The highest BCUT2D eigenvalue weighted by atomic mass is 16.5. The maximum Gasteiger partial charge on any atom is 0.266 e. The molecule has 0 saturated carbocycles. The summed E-state index contributed by atoms with van der Waals surface area (Å²) in [5, 5.41) is 4.98. The van der Waals surface area contributed by atoms with Crippen molar-refractivity contribution in [3.8, 4) is 5.75 Å². The minimum absolute atomic E-state index is 0.0128. The number of nitrogens with two attached hydrogens (primary N) is 1. The number of carbonyl (C=O) groups excluding carboxylic acids is 5. The maximum atomic E-state index is 13.1.